The minimum atomic E-state index is -0.476. The van der Waals surface area contributed by atoms with E-state index in [4.69, 9.17) is 9.47 Å². The summed E-state index contributed by atoms with van der Waals surface area (Å²) in [5.41, 5.74) is 0.705. The van der Waals surface area contributed by atoms with Crippen molar-refractivity contribution in [3.05, 3.63) is 29.8 Å². The van der Waals surface area contributed by atoms with Crippen LogP contribution < -0.4 is 15.4 Å². The van der Waals surface area contributed by atoms with Crippen molar-refractivity contribution in [1.29, 1.82) is 0 Å². The number of carbonyl (C=O) groups excluding carboxylic acids is 1. The third-order valence-corrected chi connectivity index (χ3v) is 3.43. The van der Waals surface area contributed by atoms with Gasteiger partial charge in [0.15, 0.2) is 0 Å². The third kappa shape index (κ3) is 10.7. The van der Waals surface area contributed by atoms with Crippen LogP contribution in [0.1, 0.15) is 53.5 Å². The second-order valence-electron chi connectivity index (χ2n) is 7.85. The van der Waals surface area contributed by atoms with E-state index in [1.807, 2.05) is 39.8 Å². The molecule has 142 valence electrons. The quantitative estimate of drug-likeness (QED) is 0.703. The first-order valence-corrected chi connectivity index (χ1v) is 9.07. The number of hydrogen-bond acceptors (Lipinski definition) is 4. The van der Waals surface area contributed by atoms with Gasteiger partial charge in [0.2, 0.25) is 0 Å². The molecule has 0 bridgehead atoms. The number of carbonyl (C=O) groups is 1. The van der Waals surface area contributed by atoms with E-state index >= 15 is 0 Å². The van der Waals surface area contributed by atoms with Crippen LogP contribution in [0.4, 0.5) is 4.79 Å². The molecular formula is C20H34N2O3. The maximum atomic E-state index is 11.7. The minimum Gasteiger partial charge on any atom is -0.494 e. The van der Waals surface area contributed by atoms with Gasteiger partial charge in [0.05, 0.1) is 6.61 Å². The lowest BCUT2D eigenvalue weighted by Crippen LogP contribution is -2.42. The van der Waals surface area contributed by atoms with Crippen molar-refractivity contribution in [2.24, 2.45) is 5.92 Å². The van der Waals surface area contributed by atoms with Crippen molar-refractivity contribution >= 4 is 6.09 Å². The summed E-state index contributed by atoms with van der Waals surface area (Å²) in [6.45, 7) is 14.1. The maximum absolute atomic E-state index is 11.7. The number of hydrogen-bond donors (Lipinski definition) is 2. The summed E-state index contributed by atoms with van der Waals surface area (Å²) in [5.74, 6) is 1.56. The average Bonchev–Trinajstić information content (AvgIpc) is 2.46. The Bertz CT molecular complexity index is 507. The molecule has 0 aliphatic heterocycles. The van der Waals surface area contributed by atoms with Crippen LogP contribution >= 0.6 is 0 Å². The molecule has 0 aromatic heterocycles. The predicted molar refractivity (Wildman–Crippen MR) is 102 cm³/mol. The van der Waals surface area contributed by atoms with Gasteiger partial charge in [0.25, 0.3) is 0 Å². The Balaban J connectivity index is 2.25. The van der Waals surface area contributed by atoms with E-state index in [1.165, 1.54) is 5.56 Å². The second kappa shape index (κ2) is 10.3. The van der Waals surface area contributed by atoms with E-state index in [1.54, 1.807) is 0 Å². The van der Waals surface area contributed by atoms with E-state index in [0.29, 0.717) is 12.5 Å². The highest BCUT2D eigenvalue weighted by atomic mass is 16.6. The highest BCUT2D eigenvalue weighted by Gasteiger charge is 2.17. The van der Waals surface area contributed by atoms with E-state index in [2.05, 4.69) is 36.6 Å². The summed E-state index contributed by atoms with van der Waals surface area (Å²) in [6, 6.07) is 8.11. The Morgan fingerprint density at radius 2 is 1.76 bits per heavy atom. The Hall–Kier alpha value is -1.75. The van der Waals surface area contributed by atoms with E-state index in [0.717, 1.165) is 25.3 Å². The van der Waals surface area contributed by atoms with Gasteiger partial charge in [-0.2, -0.15) is 0 Å². The zero-order chi connectivity index (χ0) is 18.9. The molecule has 1 unspecified atom stereocenters. The summed E-state index contributed by atoms with van der Waals surface area (Å²) in [5, 5.41) is 6.16. The van der Waals surface area contributed by atoms with Crippen LogP contribution in [0.15, 0.2) is 24.3 Å². The Morgan fingerprint density at radius 3 is 2.32 bits per heavy atom. The van der Waals surface area contributed by atoms with Crippen LogP contribution in [0.3, 0.4) is 0 Å². The van der Waals surface area contributed by atoms with Crippen LogP contribution in [0.2, 0.25) is 0 Å². The SMILES string of the molecule is CC(C)CCOc1ccc(CNCC(C)NC(=O)OC(C)(C)C)cc1. The fraction of sp³-hybridized carbons (Fsp3) is 0.650. The molecule has 0 saturated heterocycles. The van der Waals surface area contributed by atoms with Gasteiger partial charge < -0.3 is 20.1 Å². The number of alkyl carbamates (subject to hydrolysis) is 1. The number of amides is 1. The van der Waals surface area contributed by atoms with Crippen molar-refractivity contribution in [2.75, 3.05) is 13.2 Å². The molecule has 0 aliphatic rings. The standard InChI is InChI=1S/C20H34N2O3/c1-15(2)11-12-24-18-9-7-17(8-10-18)14-21-13-16(3)22-19(23)25-20(4,5)6/h7-10,15-16,21H,11-14H2,1-6H3,(H,22,23). The van der Waals surface area contributed by atoms with Crippen molar-refractivity contribution in [3.8, 4) is 5.75 Å². The first kappa shape index (κ1) is 21.3. The Labute approximate surface area is 152 Å². The van der Waals surface area contributed by atoms with Gasteiger partial charge in [-0.05, 0) is 57.7 Å². The summed E-state index contributed by atoms with van der Waals surface area (Å²) in [7, 11) is 0. The lowest BCUT2D eigenvalue weighted by molar-refractivity contribution is 0.0508. The predicted octanol–water partition coefficient (Wildman–Crippen LogP) is 4.11. The molecular weight excluding hydrogens is 316 g/mol. The van der Waals surface area contributed by atoms with Gasteiger partial charge in [-0.25, -0.2) is 4.79 Å². The largest absolute Gasteiger partial charge is 0.494 e. The fourth-order valence-corrected chi connectivity index (χ4v) is 2.11. The molecule has 0 heterocycles. The van der Waals surface area contributed by atoms with Gasteiger partial charge in [0, 0.05) is 19.1 Å². The van der Waals surface area contributed by atoms with E-state index in [9.17, 15) is 4.79 Å². The van der Waals surface area contributed by atoms with Crippen LogP contribution in [0.25, 0.3) is 0 Å². The fourth-order valence-electron chi connectivity index (χ4n) is 2.11. The summed E-state index contributed by atoms with van der Waals surface area (Å²) >= 11 is 0. The molecule has 1 atom stereocenters. The first-order chi connectivity index (χ1) is 11.7. The normalized spacial score (nSPS) is 12.8. The van der Waals surface area contributed by atoms with Crippen molar-refractivity contribution in [1.82, 2.24) is 10.6 Å². The molecule has 1 aromatic carbocycles. The molecule has 5 nitrogen and oxygen atoms in total. The van der Waals surface area contributed by atoms with E-state index in [-0.39, 0.29) is 12.1 Å². The van der Waals surface area contributed by atoms with Crippen molar-refractivity contribution in [2.45, 2.75) is 66.2 Å². The molecule has 0 radical (unpaired) electrons. The van der Waals surface area contributed by atoms with Crippen LogP contribution in [0, 0.1) is 5.92 Å². The number of nitrogens with one attached hydrogen (secondary N) is 2. The topological polar surface area (TPSA) is 59.6 Å². The van der Waals surface area contributed by atoms with Crippen molar-refractivity contribution < 1.29 is 14.3 Å². The highest BCUT2D eigenvalue weighted by Crippen LogP contribution is 2.13. The molecule has 1 aromatic rings. The molecule has 1 rings (SSSR count). The lowest BCUT2D eigenvalue weighted by atomic mass is 10.1. The van der Waals surface area contributed by atoms with Crippen LogP contribution in [0.5, 0.6) is 5.75 Å². The smallest absolute Gasteiger partial charge is 0.407 e. The number of benzene rings is 1. The molecule has 0 aliphatic carbocycles. The zero-order valence-electron chi connectivity index (χ0n) is 16.5. The van der Waals surface area contributed by atoms with Crippen LogP contribution in [-0.4, -0.2) is 30.9 Å². The molecule has 5 heteroatoms. The number of rotatable bonds is 9. The molecule has 2 N–H and O–H groups in total. The first-order valence-electron chi connectivity index (χ1n) is 9.07. The van der Waals surface area contributed by atoms with Gasteiger partial charge in [-0.15, -0.1) is 0 Å². The lowest BCUT2D eigenvalue weighted by Gasteiger charge is -2.22. The molecule has 0 saturated carbocycles. The minimum absolute atomic E-state index is 0.00603. The van der Waals surface area contributed by atoms with Gasteiger partial charge in [-0.1, -0.05) is 26.0 Å². The summed E-state index contributed by atoms with van der Waals surface area (Å²) in [4.78, 5) is 11.7. The molecule has 25 heavy (non-hydrogen) atoms. The Morgan fingerprint density at radius 1 is 1.12 bits per heavy atom. The van der Waals surface area contributed by atoms with E-state index < -0.39 is 5.60 Å². The van der Waals surface area contributed by atoms with Crippen molar-refractivity contribution in [3.63, 3.8) is 0 Å². The van der Waals surface area contributed by atoms with Gasteiger partial charge in [0.1, 0.15) is 11.4 Å². The average molecular weight is 351 g/mol. The number of ether oxygens (including phenoxy) is 2. The van der Waals surface area contributed by atoms with Gasteiger partial charge >= 0.3 is 6.09 Å². The molecule has 0 spiro atoms. The van der Waals surface area contributed by atoms with Crippen LogP contribution in [-0.2, 0) is 11.3 Å². The monoisotopic (exact) mass is 350 g/mol. The molecule has 1 amide bonds. The highest BCUT2D eigenvalue weighted by molar-refractivity contribution is 5.68. The second-order valence-corrected chi connectivity index (χ2v) is 7.85. The zero-order valence-corrected chi connectivity index (χ0v) is 16.5. The Kier molecular flexibility index (Phi) is 8.76. The summed E-state index contributed by atoms with van der Waals surface area (Å²) < 4.78 is 11.0. The summed E-state index contributed by atoms with van der Waals surface area (Å²) in [6.07, 6.45) is 0.677. The third-order valence-electron chi connectivity index (χ3n) is 3.43. The van der Waals surface area contributed by atoms with Gasteiger partial charge in [-0.3, -0.25) is 0 Å². The molecule has 0 fully saturated rings. The maximum Gasteiger partial charge on any atom is 0.407 e.